The van der Waals surface area contributed by atoms with Crippen LogP contribution in [0.3, 0.4) is 0 Å². The van der Waals surface area contributed by atoms with Crippen molar-refractivity contribution in [3.63, 3.8) is 0 Å². The number of halogens is 1. The van der Waals surface area contributed by atoms with Crippen molar-refractivity contribution in [2.45, 2.75) is 26.0 Å². The summed E-state index contributed by atoms with van der Waals surface area (Å²) in [4.78, 5) is 13.9. The molecule has 3 N–H and O–H groups in total. The van der Waals surface area contributed by atoms with Gasteiger partial charge < -0.3 is 30.0 Å². The fourth-order valence-corrected chi connectivity index (χ4v) is 3.17. The molecule has 2 aromatic heterocycles. The van der Waals surface area contributed by atoms with E-state index in [0.717, 1.165) is 44.1 Å². The summed E-state index contributed by atoms with van der Waals surface area (Å²) in [6.45, 7) is 9.38. The van der Waals surface area contributed by atoms with E-state index in [9.17, 15) is 5.11 Å². The molecule has 3 heterocycles. The van der Waals surface area contributed by atoms with Gasteiger partial charge in [-0.05, 0) is 44.7 Å². The topological polar surface area (TPSA) is 89.2 Å². The molecule has 8 nitrogen and oxygen atoms in total. The minimum Gasteiger partial charge on any atom is -0.466 e. The van der Waals surface area contributed by atoms with E-state index in [1.54, 1.807) is 25.3 Å². The third-order valence-corrected chi connectivity index (χ3v) is 5.05. The Morgan fingerprint density at radius 1 is 1.23 bits per heavy atom. The number of likely N-dealkylation sites (N-methyl/N-ethyl adjacent to an activating group) is 1. The molecule has 0 bridgehead atoms. The second kappa shape index (κ2) is 11.5. The standard InChI is InChI=1S/C21H32N6O2.HI/c1-4-22-20(25-16-21(2,28)18-6-5-13-29-18)24-15-17-7-8-19(23-14-17)27-11-9-26(3)10-12-27;/h5-8,13-14,28H,4,9-12,15-16H2,1-3H3,(H2,22,24,25);1H. The number of nitrogens with one attached hydrogen (secondary N) is 2. The zero-order chi connectivity index (χ0) is 20.7. The van der Waals surface area contributed by atoms with Crippen LogP contribution in [0.5, 0.6) is 0 Å². The number of aromatic nitrogens is 1. The van der Waals surface area contributed by atoms with Crippen LogP contribution in [0.25, 0.3) is 0 Å². The minimum atomic E-state index is -1.12. The van der Waals surface area contributed by atoms with Crippen molar-refractivity contribution in [2.75, 3.05) is 51.2 Å². The number of rotatable bonds is 7. The number of piperazine rings is 1. The predicted molar refractivity (Wildman–Crippen MR) is 130 cm³/mol. The van der Waals surface area contributed by atoms with Gasteiger partial charge in [0, 0.05) is 38.9 Å². The monoisotopic (exact) mass is 528 g/mol. The zero-order valence-electron chi connectivity index (χ0n) is 18.0. The summed E-state index contributed by atoms with van der Waals surface area (Å²) < 4.78 is 5.32. The molecule has 30 heavy (non-hydrogen) atoms. The number of aliphatic hydroxyl groups is 1. The van der Waals surface area contributed by atoms with Gasteiger partial charge in [-0.15, -0.1) is 24.0 Å². The second-order valence-electron chi connectivity index (χ2n) is 7.61. The predicted octanol–water partition coefficient (Wildman–Crippen LogP) is 2.01. The Labute approximate surface area is 195 Å². The molecule has 1 aliphatic heterocycles. The van der Waals surface area contributed by atoms with Gasteiger partial charge in [-0.25, -0.2) is 9.98 Å². The number of nitrogens with zero attached hydrogens (tertiary/aromatic N) is 4. The Kier molecular flexibility index (Phi) is 9.37. The van der Waals surface area contributed by atoms with Crippen LogP contribution in [0, 0.1) is 0 Å². The lowest BCUT2D eigenvalue weighted by atomic mass is 10.0. The number of anilines is 1. The van der Waals surface area contributed by atoms with E-state index in [4.69, 9.17) is 4.42 Å². The third kappa shape index (κ3) is 6.85. The van der Waals surface area contributed by atoms with Crippen molar-refractivity contribution >= 4 is 35.8 Å². The summed E-state index contributed by atoms with van der Waals surface area (Å²) in [6.07, 6.45) is 3.45. The molecule has 0 aliphatic carbocycles. The van der Waals surface area contributed by atoms with E-state index >= 15 is 0 Å². The Balaban J connectivity index is 0.00000320. The van der Waals surface area contributed by atoms with E-state index in [1.165, 1.54) is 0 Å². The SMILES string of the molecule is CCNC(=NCc1ccc(N2CCN(C)CC2)nc1)NCC(C)(O)c1ccco1.I. The molecule has 0 spiro atoms. The first-order valence-electron chi connectivity index (χ1n) is 10.1. The second-order valence-corrected chi connectivity index (χ2v) is 7.61. The third-order valence-electron chi connectivity index (χ3n) is 5.05. The van der Waals surface area contributed by atoms with Crippen molar-refractivity contribution in [1.29, 1.82) is 0 Å². The maximum absolute atomic E-state index is 10.6. The van der Waals surface area contributed by atoms with Crippen molar-refractivity contribution in [3.8, 4) is 0 Å². The summed E-state index contributed by atoms with van der Waals surface area (Å²) in [5, 5.41) is 17.0. The normalized spacial score (nSPS) is 17.2. The molecule has 1 saturated heterocycles. The molecule has 1 aliphatic rings. The maximum Gasteiger partial charge on any atom is 0.191 e. The fourth-order valence-electron chi connectivity index (χ4n) is 3.17. The molecule has 3 rings (SSSR count). The Hall–Kier alpha value is -1.85. The summed E-state index contributed by atoms with van der Waals surface area (Å²) in [5.74, 6) is 2.18. The van der Waals surface area contributed by atoms with Gasteiger partial charge in [-0.3, -0.25) is 0 Å². The molecular formula is C21H33IN6O2. The Bertz CT molecular complexity index is 771. The van der Waals surface area contributed by atoms with E-state index < -0.39 is 5.60 Å². The Morgan fingerprint density at radius 2 is 2.00 bits per heavy atom. The van der Waals surface area contributed by atoms with Gasteiger partial charge in [-0.1, -0.05) is 6.07 Å². The fraction of sp³-hybridized carbons (Fsp3) is 0.524. The lowest BCUT2D eigenvalue weighted by molar-refractivity contribution is 0.0386. The van der Waals surface area contributed by atoms with Crippen LogP contribution < -0.4 is 15.5 Å². The zero-order valence-corrected chi connectivity index (χ0v) is 20.3. The summed E-state index contributed by atoms with van der Waals surface area (Å²) in [5.41, 5.74) is -0.0799. The molecule has 1 unspecified atom stereocenters. The first kappa shape index (κ1) is 24.4. The first-order chi connectivity index (χ1) is 14.0. The highest BCUT2D eigenvalue weighted by molar-refractivity contribution is 14.0. The molecule has 1 fully saturated rings. The van der Waals surface area contributed by atoms with Crippen molar-refractivity contribution in [3.05, 3.63) is 48.0 Å². The minimum absolute atomic E-state index is 0. The van der Waals surface area contributed by atoms with Gasteiger partial charge in [-0.2, -0.15) is 0 Å². The van der Waals surface area contributed by atoms with Crippen molar-refractivity contribution in [2.24, 2.45) is 4.99 Å². The smallest absolute Gasteiger partial charge is 0.191 e. The lowest BCUT2D eigenvalue weighted by Gasteiger charge is -2.33. The van der Waals surface area contributed by atoms with E-state index in [1.807, 2.05) is 13.1 Å². The highest BCUT2D eigenvalue weighted by atomic mass is 127. The van der Waals surface area contributed by atoms with Gasteiger partial charge >= 0.3 is 0 Å². The van der Waals surface area contributed by atoms with Crippen molar-refractivity contribution < 1.29 is 9.52 Å². The quantitative estimate of drug-likeness (QED) is 0.288. The molecular weight excluding hydrogens is 495 g/mol. The molecule has 1 atom stereocenters. The highest BCUT2D eigenvalue weighted by Crippen LogP contribution is 2.19. The largest absolute Gasteiger partial charge is 0.466 e. The van der Waals surface area contributed by atoms with E-state index in [2.05, 4.69) is 49.6 Å². The van der Waals surface area contributed by atoms with Crippen LogP contribution in [0.4, 0.5) is 5.82 Å². The van der Waals surface area contributed by atoms with Crippen LogP contribution in [0.15, 0.2) is 46.1 Å². The average molecular weight is 528 g/mol. The number of aliphatic imine (C=N–C) groups is 1. The molecule has 9 heteroatoms. The van der Waals surface area contributed by atoms with Crippen LogP contribution in [0.1, 0.15) is 25.2 Å². The number of furan rings is 1. The first-order valence-corrected chi connectivity index (χ1v) is 10.1. The number of hydrogen-bond donors (Lipinski definition) is 3. The highest BCUT2D eigenvalue weighted by Gasteiger charge is 2.26. The number of pyridine rings is 1. The van der Waals surface area contributed by atoms with Gasteiger partial charge in [0.05, 0.1) is 19.4 Å². The van der Waals surface area contributed by atoms with Crippen LogP contribution in [0.2, 0.25) is 0 Å². The van der Waals surface area contributed by atoms with Crippen LogP contribution >= 0.6 is 24.0 Å². The van der Waals surface area contributed by atoms with Gasteiger partial charge in [0.25, 0.3) is 0 Å². The van der Waals surface area contributed by atoms with Gasteiger partial charge in [0.15, 0.2) is 5.96 Å². The Morgan fingerprint density at radius 3 is 2.60 bits per heavy atom. The summed E-state index contributed by atoms with van der Waals surface area (Å²) in [7, 11) is 2.15. The molecule has 0 saturated carbocycles. The molecule has 0 aromatic carbocycles. The van der Waals surface area contributed by atoms with Crippen molar-refractivity contribution in [1.82, 2.24) is 20.5 Å². The summed E-state index contributed by atoms with van der Waals surface area (Å²) in [6, 6.07) is 7.67. The maximum atomic E-state index is 10.6. The molecule has 2 aromatic rings. The average Bonchev–Trinajstić information content (AvgIpc) is 3.27. The molecule has 166 valence electrons. The molecule has 0 amide bonds. The van der Waals surface area contributed by atoms with Crippen LogP contribution in [-0.2, 0) is 12.1 Å². The summed E-state index contributed by atoms with van der Waals surface area (Å²) >= 11 is 0. The number of guanidine groups is 1. The lowest BCUT2D eigenvalue weighted by Crippen LogP contribution is -2.44. The van der Waals surface area contributed by atoms with Crippen LogP contribution in [-0.4, -0.2) is 67.3 Å². The van der Waals surface area contributed by atoms with E-state index in [0.29, 0.717) is 18.3 Å². The van der Waals surface area contributed by atoms with E-state index in [-0.39, 0.29) is 30.5 Å². The van der Waals surface area contributed by atoms with Gasteiger partial charge in [0.2, 0.25) is 0 Å². The van der Waals surface area contributed by atoms with Gasteiger partial charge in [0.1, 0.15) is 17.2 Å². The molecule has 0 radical (unpaired) electrons. The number of hydrogen-bond acceptors (Lipinski definition) is 6.